The fourth-order valence-corrected chi connectivity index (χ4v) is 1.88. The molecule has 1 atom stereocenters. The Morgan fingerprint density at radius 2 is 1.76 bits per heavy atom. The normalized spacial score (nSPS) is 11.8. The predicted molar refractivity (Wildman–Crippen MR) is 81.4 cm³/mol. The van der Waals surface area contributed by atoms with Crippen LogP contribution >= 0.6 is 0 Å². The van der Waals surface area contributed by atoms with E-state index in [0.717, 1.165) is 25.7 Å². The van der Waals surface area contributed by atoms with Crippen molar-refractivity contribution in [1.82, 2.24) is 0 Å². The number of rotatable bonds is 8. The number of carbonyl (C=O) groups is 2. The SMILES string of the molecule is CCCCOC(=O)c1cccc(C(=O)OC(C)CCC)c1. The zero-order chi connectivity index (χ0) is 15.7. The summed E-state index contributed by atoms with van der Waals surface area (Å²) >= 11 is 0. The molecule has 1 aromatic rings. The van der Waals surface area contributed by atoms with Gasteiger partial charge in [0.2, 0.25) is 0 Å². The van der Waals surface area contributed by atoms with Crippen LogP contribution in [0.1, 0.15) is 67.2 Å². The molecule has 1 unspecified atom stereocenters. The monoisotopic (exact) mass is 292 g/mol. The van der Waals surface area contributed by atoms with Crippen molar-refractivity contribution in [2.45, 2.75) is 52.6 Å². The molecule has 0 N–H and O–H groups in total. The van der Waals surface area contributed by atoms with Crippen molar-refractivity contribution in [2.24, 2.45) is 0 Å². The average molecular weight is 292 g/mol. The minimum Gasteiger partial charge on any atom is -0.462 e. The maximum atomic E-state index is 12.0. The van der Waals surface area contributed by atoms with Gasteiger partial charge in [0.25, 0.3) is 0 Å². The molecular weight excluding hydrogens is 268 g/mol. The summed E-state index contributed by atoms with van der Waals surface area (Å²) in [6.45, 7) is 6.33. The van der Waals surface area contributed by atoms with Gasteiger partial charge in [-0.1, -0.05) is 32.8 Å². The van der Waals surface area contributed by atoms with Gasteiger partial charge in [0.15, 0.2) is 0 Å². The maximum Gasteiger partial charge on any atom is 0.338 e. The molecule has 0 amide bonds. The molecular formula is C17H24O4. The first-order valence-electron chi connectivity index (χ1n) is 7.56. The van der Waals surface area contributed by atoms with E-state index in [1.165, 1.54) is 6.07 Å². The topological polar surface area (TPSA) is 52.6 Å². The minimum atomic E-state index is -0.404. The molecule has 21 heavy (non-hydrogen) atoms. The van der Waals surface area contributed by atoms with E-state index >= 15 is 0 Å². The van der Waals surface area contributed by atoms with E-state index in [4.69, 9.17) is 9.47 Å². The Bertz CT molecular complexity index is 468. The molecule has 0 aliphatic carbocycles. The lowest BCUT2D eigenvalue weighted by atomic mass is 10.1. The second-order valence-corrected chi connectivity index (χ2v) is 5.07. The van der Waals surface area contributed by atoms with E-state index in [1.54, 1.807) is 18.2 Å². The summed E-state index contributed by atoms with van der Waals surface area (Å²) in [6, 6.07) is 6.47. The smallest absolute Gasteiger partial charge is 0.338 e. The van der Waals surface area contributed by atoms with E-state index in [2.05, 4.69) is 0 Å². The first kappa shape index (κ1) is 17.2. The second-order valence-electron chi connectivity index (χ2n) is 5.07. The highest BCUT2D eigenvalue weighted by molar-refractivity contribution is 5.95. The van der Waals surface area contributed by atoms with Crippen molar-refractivity contribution in [1.29, 1.82) is 0 Å². The van der Waals surface area contributed by atoms with E-state index < -0.39 is 11.9 Å². The lowest BCUT2D eigenvalue weighted by molar-refractivity contribution is 0.0323. The van der Waals surface area contributed by atoms with Gasteiger partial charge in [-0.25, -0.2) is 9.59 Å². The van der Waals surface area contributed by atoms with Gasteiger partial charge in [0, 0.05) is 0 Å². The van der Waals surface area contributed by atoms with E-state index in [-0.39, 0.29) is 6.10 Å². The van der Waals surface area contributed by atoms with Crippen LogP contribution in [0.25, 0.3) is 0 Å². The van der Waals surface area contributed by atoms with Crippen LogP contribution in [-0.2, 0) is 9.47 Å². The largest absolute Gasteiger partial charge is 0.462 e. The van der Waals surface area contributed by atoms with Crippen LogP contribution in [0.15, 0.2) is 24.3 Å². The van der Waals surface area contributed by atoms with Gasteiger partial charge in [-0.3, -0.25) is 0 Å². The van der Waals surface area contributed by atoms with Crippen LogP contribution in [0, 0.1) is 0 Å². The number of carbonyl (C=O) groups excluding carboxylic acids is 2. The van der Waals surface area contributed by atoms with Crippen molar-refractivity contribution in [2.75, 3.05) is 6.61 Å². The average Bonchev–Trinajstić information content (AvgIpc) is 2.47. The molecule has 0 aliphatic rings. The van der Waals surface area contributed by atoms with Crippen LogP contribution in [0.2, 0.25) is 0 Å². The van der Waals surface area contributed by atoms with E-state index in [0.29, 0.717) is 17.7 Å². The number of hydrogen-bond acceptors (Lipinski definition) is 4. The number of unbranched alkanes of at least 4 members (excludes halogenated alkanes) is 1. The van der Waals surface area contributed by atoms with Crippen LogP contribution in [-0.4, -0.2) is 24.6 Å². The highest BCUT2D eigenvalue weighted by atomic mass is 16.5. The quantitative estimate of drug-likeness (QED) is 0.537. The summed E-state index contributed by atoms with van der Waals surface area (Å²) in [5.74, 6) is -0.807. The third kappa shape index (κ3) is 5.98. The molecule has 0 heterocycles. The molecule has 4 heteroatoms. The number of hydrogen-bond donors (Lipinski definition) is 0. The molecule has 0 bridgehead atoms. The summed E-state index contributed by atoms with van der Waals surface area (Å²) in [7, 11) is 0. The van der Waals surface area contributed by atoms with Gasteiger partial charge in [0.1, 0.15) is 0 Å². The van der Waals surface area contributed by atoms with E-state index in [1.807, 2.05) is 20.8 Å². The Balaban J connectivity index is 2.66. The first-order valence-corrected chi connectivity index (χ1v) is 7.56. The van der Waals surface area contributed by atoms with Gasteiger partial charge < -0.3 is 9.47 Å². The number of ether oxygens (including phenoxy) is 2. The Morgan fingerprint density at radius 3 is 2.38 bits per heavy atom. The molecule has 0 fully saturated rings. The number of esters is 2. The third-order valence-electron chi connectivity index (χ3n) is 3.07. The molecule has 0 radical (unpaired) electrons. The van der Waals surface area contributed by atoms with Crippen molar-refractivity contribution in [3.63, 3.8) is 0 Å². The predicted octanol–water partition coefficient (Wildman–Crippen LogP) is 3.99. The number of benzene rings is 1. The minimum absolute atomic E-state index is 0.123. The molecule has 0 saturated heterocycles. The van der Waals surface area contributed by atoms with Crippen molar-refractivity contribution >= 4 is 11.9 Å². The Labute approximate surface area is 126 Å². The Hall–Kier alpha value is -1.84. The maximum absolute atomic E-state index is 12.0. The van der Waals surface area contributed by atoms with Gasteiger partial charge >= 0.3 is 11.9 Å². The summed E-state index contributed by atoms with van der Waals surface area (Å²) in [6.07, 6.45) is 3.46. The van der Waals surface area contributed by atoms with Crippen LogP contribution in [0.3, 0.4) is 0 Å². The fraction of sp³-hybridized carbons (Fsp3) is 0.529. The Kier molecular flexibility index (Phi) is 7.51. The lowest BCUT2D eigenvalue weighted by Gasteiger charge is -2.12. The third-order valence-corrected chi connectivity index (χ3v) is 3.07. The molecule has 0 aliphatic heterocycles. The van der Waals surface area contributed by atoms with Crippen LogP contribution < -0.4 is 0 Å². The van der Waals surface area contributed by atoms with Crippen LogP contribution in [0.5, 0.6) is 0 Å². The Morgan fingerprint density at radius 1 is 1.10 bits per heavy atom. The fourth-order valence-electron chi connectivity index (χ4n) is 1.88. The van der Waals surface area contributed by atoms with E-state index in [9.17, 15) is 9.59 Å². The first-order chi connectivity index (χ1) is 10.1. The molecule has 0 saturated carbocycles. The highest BCUT2D eigenvalue weighted by Crippen LogP contribution is 2.11. The lowest BCUT2D eigenvalue weighted by Crippen LogP contribution is -2.15. The zero-order valence-electron chi connectivity index (χ0n) is 13.1. The second kappa shape index (κ2) is 9.16. The van der Waals surface area contributed by atoms with Gasteiger partial charge in [-0.2, -0.15) is 0 Å². The van der Waals surface area contributed by atoms with Crippen molar-refractivity contribution < 1.29 is 19.1 Å². The molecule has 1 aromatic carbocycles. The summed E-state index contributed by atoms with van der Waals surface area (Å²) in [5.41, 5.74) is 0.756. The summed E-state index contributed by atoms with van der Waals surface area (Å²) in [4.78, 5) is 23.8. The van der Waals surface area contributed by atoms with Gasteiger partial charge in [-0.05, 0) is 38.0 Å². The molecule has 1 rings (SSSR count). The molecule has 4 nitrogen and oxygen atoms in total. The standard InChI is InChI=1S/C17H24O4/c1-4-6-11-20-16(18)14-9-7-10-15(12-14)17(19)21-13(3)8-5-2/h7,9-10,12-13H,4-6,8,11H2,1-3H3. The summed E-state index contributed by atoms with van der Waals surface area (Å²) < 4.78 is 10.5. The van der Waals surface area contributed by atoms with Crippen molar-refractivity contribution in [3.8, 4) is 0 Å². The zero-order valence-corrected chi connectivity index (χ0v) is 13.1. The summed E-state index contributed by atoms with van der Waals surface area (Å²) in [5, 5.41) is 0. The molecule has 116 valence electrons. The van der Waals surface area contributed by atoms with Crippen molar-refractivity contribution in [3.05, 3.63) is 35.4 Å². The molecule has 0 aromatic heterocycles. The molecule has 0 spiro atoms. The van der Waals surface area contributed by atoms with Gasteiger partial charge in [0.05, 0.1) is 23.8 Å². The highest BCUT2D eigenvalue weighted by Gasteiger charge is 2.14. The van der Waals surface area contributed by atoms with Crippen LogP contribution in [0.4, 0.5) is 0 Å². The van der Waals surface area contributed by atoms with Gasteiger partial charge in [-0.15, -0.1) is 0 Å².